The topological polar surface area (TPSA) is 80.5 Å². The van der Waals surface area contributed by atoms with Gasteiger partial charge < -0.3 is 4.90 Å². The van der Waals surface area contributed by atoms with Crippen molar-refractivity contribution in [2.75, 3.05) is 7.05 Å². The van der Waals surface area contributed by atoms with Crippen molar-refractivity contribution >= 4 is 38.5 Å². The van der Waals surface area contributed by atoms with Crippen LogP contribution in [0.2, 0.25) is 0 Å². The van der Waals surface area contributed by atoms with Gasteiger partial charge in [0.15, 0.2) is 0 Å². The van der Waals surface area contributed by atoms with Crippen LogP contribution in [-0.2, 0) is 10.0 Å². The number of sulfonamides is 1. The van der Waals surface area contributed by atoms with E-state index in [1.165, 1.54) is 12.1 Å². The molecule has 0 aromatic heterocycles. The Morgan fingerprint density at radius 2 is 1.61 bits per heavy atom. The molecule has 5 nitrogen and oxygen atoms in total. The van der Waals surface area contributed by atoms with E-state index in [9.17, 15) is 13.2 Å². The lowest BCUT2D eigenvalue weighted by atomic mass is 10.1. The zero-order chi connectivity index (χ0) is 17.2. The van der Waals surface area contributed by atoms with Gasteiger partial charge in [-0.25, -0.2) is 13.6 Å². The molecule has 0 bridgehead atoms. The van der Waals surface area contributed by atoms with Crippen LogP contribution >= 0.6 is 22.6 Å². The standard InChI is InChI=1S/C16H17IN2O3S/c1-11(12-5-9-15(10-6-12)23(18,21)22)19(2)16(20)13-3-7-14(17)8-4-13/h3-11H,1-2H3,(H2,18,21,22). The van der Waals surface area contributed by atoms with Crippen LogP contribution in [0.15, 0.2) is 53.4 Å². The summed E-state index contributed by atoms with van der Waals surface area (Å²) in [5.74, 6) is -0.0931. The maximum Gasteiger partial charge on any atom is 0.254 e. The van der Waals surface area contributed by atoms with Crippen LogP contribution in [0.4, 0.5) is 0 Å². The molecule has 0 heterocycles. The first-order valence-corrected chi connectivity index (χ1v) is 9.48. The van der Waals surface area contributed by atoms with Crippen molar-refractivity contribution in [3.63, 3.8) is 0 Å². The largest absolute Gasteiger partial charge is 0.335 e. The molecule has 2 aromatic rings. The Kier molecular flexibility index (Phi) is 5.43. The maximum atomic E-state index is 12.5. The second-order valence-corrected chi connectivity index (χ2v) is 8.02. The predicted octanol–water partition coefficient (Wildman–Crippen LogP) is 2.77. The van der Waals surface area contributed by atoms with E-state index in [0.717, 1.165) is 9.13 Å². The summed E-state index contributed by atoms with van der Waals surface area (Å²) in [6.45, 7) is 1.89. The van der Waals surface area contributed by atoms with Gasteiger partial charge in [0.1, 0.15) is 0 Å². The molecular weight excluding hydrogens is 427 g/mol. The quantitative estimate of drug-likeness (QED) is 0.737. The lowest BCUT2D eigenvalue weighted by Crippen LogP contribution is -2.29. The highest BCUT2D eigenvalue weighted by atomic mass is 127. The summed E-state index contributed by atoms with van der Waals surface area (Å²) in [6.07, 6.45) is 0. The zero-order valence-electron chi connectivity index (χ0n) is 12.7. The number of hydrogen-bond donors (Lipinski definition) is 1. The van der Waals surface area contributed by atoms with E-state index in [1.807, 2.05) is 19.1 Å². The molecular formula is C16H17IN2O3S. The summed E-state index contributed by atoms with van der Waals surface area (Å²) in [5, 5.41) is 5.09. The number of nitrogens with two attached hydrogens (primary N) is 1. The summed E-state index contributed by atoms with van der Waals surface area (Å²) in [7, 11) is -1.99. The molecule has 7 heteroatoms. The SMILES string of the molecule is CC(c1ccc(S(N)(=O)=O)cc1)N(C)C(=O)c1ccc(I)cc1. The van der Waals surface area contributed by atoms with Crippen LogP contribution in [0.25, 0.3) is 0 Å². The third kappa shape index (κ3) is 4.30. The van der Waals surface area contributed by atoms with Gasteiger partial charge in [-0.2, -0.15) is 0 Å². The van der Waals surface area contributed by atoms with E-state index in [1.54, 1.807) is 36.2 Å². The highest BCUT2D eigenvalue weighted by Gasteiger charge is 2.19. The molecule has 0 saturated heterocycles. The molecule has 2 rings (SSSR count). The predicted molar refractivity (Wildman–Crippen MR) is 97.5 cm³/mol. The van der Waals surface area contributed by atoms with Crippen molar-refractivity contribution in [3.8, 4) is 0 Å². The van der Waals surface area contributed by atoms with Gasteiger partial charge in [0.25, 0.3) is 5.91 Å². The third-order valence-electron chi connectivity index (χ3n) is 3.68. The van der Waals surface area contributed by atoms with Gasteiger partial charge in [-0.05, 0) is 71.5 Å². The second-order valence-electron chi connectivity index (χ2n) is 5.21. The number of carbonyl (C=O) groups is 1. The Morgan fingerprint density at radius 3 is 2.09 bits per heavy atom. The fourth-order valence-electron chi connectivity index (χ4n) is 2.13. The molecule has 1 atom stereocenters. The van der Waals surface area contributed by atoms with E-state index in [-0.39, 0.29) is 16.8 Å². The summed E-state index contributed by atoms with van der Waals surface area (Å²) in [4.78, 5) is 14.2. The lowest BCUT2D eigenvalue weighted by molar-refractivity contribution is 0.0742. The first kappa shape index (κ1) is 17.9. The number of carbonyl (C=O) groups excluding carboxylic acids is 1. The number of hydrogen-bond acceptors (Lipinski definition) is 3. The average molecular weight is 444 g/mol. The van der Waals surface area contributed by atoms with Crippen molar-refractivity contribution in [3.05, 3.63) is 63.2 Å². The molecule has 122 valence electrons. The smallest absolute Gasteiger partial charge is 0.254 e. The number of benzene rings is 2. The zero-order valence-corrected chi connectivity index (χ0v) is 15.7. The molecule has 0 aliphatic heterocycles. The van der Waals surface area contributed by atoms with Crippen LogP contribution in [0.1, 0.15) is 28.9 Å². The fraction of sp³-hybridized carbons (Fsp3) is 0.188. The number of primary sulfonamides is 1. The number of nitrogens with zero attached hydrogens (tertiary/aromatic N) is 1. The molecule has 2 N–H and O–H groups in total. The molecule has 23 heavy (non-hydrogen) atoms. The highest BCUT2D eigenvalue weighted by Crippen LogP contribution is 2.22. The highest BCUT2D eigenvalue weighted by molar-refractivity contribution is 14.1. The molecule has 1 amide bonds. The third-order valence-corrected chi connectivity index (χ3v) is 5.33. The number of halogens is 1. The first-order valence-electron chi connectivity index (χ1n) is 6.85. The Balaban J connectivity index is 2.20. The van der Waals surface area contributed by atoms with E-state index >= 15 is 0 Å². The minimum atomic E-state index is -3.71. The molecule has 0 aliphatic rings. The fourth-order valence-corrected chi connectivity index (χ4v) is 3.01. The van der Waals surface area contributed by atoms with Crippen molar-refractivity contribution in [2.45, 2.75) is 17.9 Å². The minimum absolute atomic E-state index is 0.0556. The van der Waals surface area contributed by atoms with Gasteiger partial charge in [-0.15, -0.1) is 0 Å². The molecule has 1 unspecified atom stereocenters. The molecule has 0 radical (unpaired) electrons. The molecule has 0 fully saturated rings. The number of rotatable bonds is 4. The van der Waals surface area contributed by atoms with Gasteiger partial charge >= 0.3 is 0 Å². The van der Waals surface area contributed by atoms with Crippen LogP contribution < -0.4 is 5.14 Å². The molecule has 0 aliphatic carbocycles. The monoisotopic (exact) mass is 444 g/mol. The van der Waals surface area contributed by atoms with Gasteiger partial charge in [0, 0.05) is 16.2 Å². The van der Waals surface area contributed by atoms with E-state index in [4.69, 9.17) is 5.14 Å². The molecule has 0 saturated carbocycles. The Labute approximate surface area is 149 Å². The summed E-state index contributed by atoms with van der Waals surface area (Å²) < 4.78 is 23.6. The first-order chi connectivity index (χ1) is 10.7. The van der Waals surface area contributed by atoms with Crippen LogP contribution in [-0.4, -0.2) is 26.3 Å². The lowest BCUT2D eigenvalue weighted by Gasteiger charge is -2.25. The van der Waals surface area contributed by atoms with Gasteiger partial charge in [0.2, 0.25) is 10.0 Å². The Morgan fingerprint density at radius 1 is 1.09 bits per heavy atom. The molecule has 0 spiro atoms. The van der Waals surface area contributed by atoms with Crippen molar-refractivity contribution < 1.29 is 13.2 Å². The Bertz CT molecular complexity index is 802. The minimum Gasteiger partial charge on any atom is -0.335 e. The normalized spacial score (nSPS) is 12.7. The van der Waals surface area contributed by atoms with Gasteiger partial charge in [-0.1, -0.05) is 12.1 Å². The van der Waals surface area contributed by atoms with Gasteiger partial charge in [0.05, 0.1) is 10.9 Å². The van der Waals surface area contributed by atoms with Crippen LogP contribution in [0, 0.1) is 3.57 Å². The van der Waals surface area contributed by atoms with Crippen LogP contribution in [0.5, 0.6) is 0 Å². The van der Waals surface area contributed by atoms with Crippen molar-refractivity contribution in [1.82, 2.24) is 4.90 Å². The maximum absolute atomic E-state index is 12.5. The summed E-state index contributed by atoms with van der Waals surface area (Å²) in [6, 6.07) is 13.4. The van der Waals surface area contributed by atoms with Gasteiger partial charge in [-0.3, -0.25) is 4.79 Å². The molecule has 2 aromatic carbocycles. The van der Waals surface area contributed by atoms with E-state index < -0.39 is 10.0 Å². The average Bonchev–Trinajstić information content (AvgIpc) is 2.53. The van der Waals surface area contributed by atoms with E-state index in [0.29, 0.717) is 5.56 Å². The van der Waals surface area contributed by atoms with Crippen molar-refractivity contribution in [2.24, 2.45) is 5.14 Å². The van der Waals surface area contributed by atoms with Crippen LogP contribution in [0.3, 0.4) is 0 Å². The Hall–Kier alpha value is -1.45. The van der Waals surface area contributed by atoms with Crippen molar-refractivity contribution in [1.29, 1.82) is 0 Å². The summed E-state index contributed by atoms with van der Waals surface area (Å²) in [5.41, 5.74) is 1.44. The second kappa shape index (κ2) is 6.98. The van der Waals surface area contributed by atoms with E-state index in [2.05, 4.69) is 22.6 Å². The summed E-state index contributed by atoms with van der Waals surface area (Å²) >= 11 is 2.19. The number of amides is 1.